The third-order valence-corrected chi connectivity index (χ3v) is 4.37. The van der Waals surface area contributed by atoms with E-state index in [2.05, 4.69) is 20.5 Å². The van der Waals surface area contributed by atoms with Crippen LogP contribution in [0.15, 0.2) is 24.3 Å². The van der Waals surface area contributed by atoms with Crippen LogP contribution in [0.25, 0.3) is 11.4 Å². The fraction of sp³-hybridized carbons (Fsp3) is 0.500. The molecule has 1 heterocycles. The van der Waals surface area contributed by atoms with Gasteiger partial charge in [0, 0.05) is 23.6 Å². The smallest absolute Gasteiger partial charge is 0.251 e. The number of hydrogen-bond acceptors (Lipinski definition) is 4. The first-order valence-corrected chi connectivity index (χ1v) is 8.53. The fourth-order valence-electron chi connectivity index (χ4n) is 2.48. The van der Waals surface area contributed by atoms with Gasteiger partial charge in [-0.25, -0.2) is 4.98 Å². The number of aliphatic hydroxyl groups excluding tert-OH is 1. The van der Waals surface area contributed by atoms with E-state index in [1.807, 2.05) is 26.0 Å². The Labute approximate surface area is 141 Å². The maximum atomic E-state index is 12.1. The number of H-pyrrole nitrogens is 1. The van der Waals surface area contributed by atoms with Crippen LogP contribution >= 0.6 is 0 Å². The SMILES string of the molecule is CC(C)C(O)CCNC(=O)c1ccc(-c2n[nH]c(C3CC3)n2)cc1. The van der Waals surface area contributed by atoms with E-state index in [1.165, 1.54) is 12.8 Å². The number of aliphatic hydroxyl groups is 1. The molecule has 0 aliphatic heterocycles. The van der Waals surface area contributed by atoms with E-state index < -0.39 is 0 Å². The maximum absolute atomic E-state index is 12.1. The number of nitrogens with zero attached hydrogens (tertiary/aromatic N) is 2. The van der Waals surface area contributed by atoms with Crippen molar-refractivity contribution in [3.05, 3.63) is 35.7 Å². The summed E-state index contributed by atoms with van der Waals surface area (Å²) in [5.74, 6) is 2.23. The molecule has 2 aromatic rings. The van der Waals surface area contributed by atoms with E-state index in [9.17, 15) is 9.90 Å². The summed E-state index contributed by atoms with van der Waals surface area (Å²) in [4.78, 5) is 16.6. The molecule has 1 saturated carbocycles. The molecule has 1 unspecified atom stereocenters. The molecule has 0 saturated heterocycles. The molecular formula is C18H24N4O2. The Bertz CT molecular complexity index is 689. The summed E-state index contributed by atoms with van der Waals surface area (Å²) in [5, 5.41) is 19.8. The molecule has 1 aromatic heterocycles. The molecule has 0 bridgehead atoms. The van der Waals surface area contributed by atoms with E-state index in [1.54, 1.807) is 12.1 Å². The molecule has 0 radical (unpaired) electrons. The summed E-state index contributed by atoms with van der Waals surface area (Å²) in [6.45, 7) is 4.39. The van der Waals surface area contributed by atoms with Crippen molar-refractivity contribution in [3.63, 3.8) is 0 Å². The zero-order chi connectivity index (χ0) is 17.1. The molecule has 0 spiro atoms. The second-order valence-corrected chi connectivity index (χ2v) is 6.75. The van der Waals surface area contributed by atoms with Gasteiger partial charge in [0.05, 0.1) is 6.10 Å². The average Bonchev–Trinajstić information content (AvgIpc) is 3.32. The standard InChI is InChI=1S/C18H24N4O2/c1-11(2)15(23)9-10-19-18(24)14-7-5-13(6-8-14)17-20-16(21-22-17)12-3-4-12/h5-8,11-12,15,23H,3-4,9-10H2,1-2H3,(H,19,24)(H,20,21,22). The Balaban J connectivity index is 1.56. The molecule has 6 nitrogen and oxygen atoms in total. The van der Waals surface area contributed by atoms with E-state index in [0.29, 0.717) is 30.3 Å². The molecule has 1 aliphatic carbocycles. The molecule has 128 valence electrons. The van der Waals surface area contributed by atoms with Crippen LogP contribution in [0.3, 0.4) is 0 Å². The lowest BCUT2D eigenvalue weighted by atomic mass is 10.0. The van der Waals surface area contributed by atoms with Gasteiger partial charge in [-0.05, 0) is 37.3 Å². The van der Waals surface area contributed by atoms with Gasteiger partial charge in [-0.15, -0.1) is 0 Å². The van der Waals surface area contributed by atoms with Crippen LogP contribution in [-0.4, -0.2) is 38.8 Å². The summed E-state index contributed by atoms with van der Waals surface area (Å²) >= 11 is 0. The zero-order valence-corrected chi connectivity index (χ0v) is 14.1. The highest BCUT2D eigenvalue weighted by Crippen LogP contribution is 2.38. The molecular weight excluding hydrogens is 304 g/mol. The Morgan fingerprint density at radius 2 is 2.04 bits per heavy atom. The third-order valence-electron chi connectivity index (χ3n) is 4.37. The Morgan fingerprint density at radius 3 is 2.67 bits per heavy atom. The van der Waals surface area contributed by atoms with Crippen LogP contribution in [0.5, 0.6) is 0 Å². The summed E-state index contributed by atoms with van der Waals surface area (Å²) in [6, 6.07) is 7.27. The van der Waals surface area contributed by atoms with E-state index in [4.69, 9.17) is 0 Å². The van der Waals surface area contributed by atoms with Crippen molar-refractivity contribution in [2.75, 3.05) is 6.54 Å². The molecule has 3 N–H and O–H groups in total. The number of aromatic nitrogens is 3. The first-order chi connectivity index (χ1) is 11.5. The predicted octanol–water partition coefficient (Wildman–Crippen LogP) is 2.49. The number of carbonyl (C=O) groups is 1. The van der Waals surface area contributed by atoms with Crippen molar-refractivity contribution in [1.82, 2.24) is 20.5 Å². The average molecular weight is 328 g/mol. The highest BCUT2D eigenvalue weighted by atomic mass is 16.3. The molecule has 24 heavy (non-hydrogen) atoms. The number of carbonyl (C=O) groups excluding carboxylic acids is 1. The van der Waals surface area contributed by atoms with Crippen molar-refractivity contribution in [1.29, 1.82) is 0 Å². The molecule has 1 aliphatic rings. The summed E-state index contributed by atoms with van der Waals surface area (Å²) in [6.07, 6.45) is 2.53. The number of hydrogen-bond donors (Lipinski definition) is 3. The quantitative estimate of drug-likeness (QED) is 0.728. The lowest BCUT2D eigenvalue weighted by molar-refractivity contribution is 0.0920. The lowest BCUT2D eigenvalue weighted by Gasteiger charge is -2.14. The van der Waals surface area contributed by atoms with Crippen LogP contribution in [0.4, 0.5) is 0 Å². The van der Waals surface area contributed by atoms with Gasteiger partial charge in [0.1, 0.15) is 5.82 Å². The number of amides is 1. The second-order valence-electron chi connectivity index (χ2n) is 6.75. The number of aromatic amines is 1. The van der Waals surface area contributed by atoms with Crippen molar-refractivity contribution in [3.8, 4) is 11.4 Å². The van der Waals surface area contributed by atoms with Crippen LogP contribution in [0.2, 0.25) is 0 Å². The highest BCUT2D eigenvalue weighted by Gasteiger charge is 2.27. The van der Waals surface area contributed by atoms with Crippen LogP contribution in [0, 0.1) is 5.92 Å². The first kappa shape index (κ1) is 16.6. The minimum atomic E-state index is -0.390. The third kappa shape index (κ3) is 4.00. The van der Waals surface area contributed by atoms with E-state index >= 15 is 0 Å². The molecule has 6 heteroatoms. The Kier molecular flexibility index (Phi) is 4.94. The summed E-state index contributed by atoms with van der Waals surface area (Å²) in [7, 11) is 0. The van der Waals surface area contributed by atoms with Crippen LogP contribution < -0.4 is 5.32 Å². The number of benzene rings is 1. The monoisotopic (exact) mass is 328 g/mol. The minimum Gasteiger partial charge on any atom is -0.393 e. The van der Waals surface area contributed by atoms with Gasteiger partial charge >= 0.3 is 0 Å². The van der Waals surface area contributed by atoms with Crippen LogP contribution in [0.1, 0.15) is 55.2 Å². The molecule has 1 aromatic carbocycles. The van der Waals surface area contributed by atoms with Crippen molar-refractivity contribution in [2.24, 2.45) is 5.92 Å². The molecule has 1 atom stereocenters. The topological polar surface area (TPSA) is 90.9 Å². The minimum absolute atomic E-state index is 0.133. The summed E-state index contributed by atoms with van der Waals surface area (Å²) < 4.78 is 0. The van der Waals surface area contributed by atoms with E-state index in [0.717, 1.165) is 11.4 Å². The second kappa shape index (κ2) is 7.13. The van der Waals surface area contributed by atoms with Crippen LogP contribution in [-0.2, 0) is 0 Å². The number of nitrogens with one attached hydrogen (secondary N) is 2. The van der Waals surface area contributed by atoms with Gasteiger partial charge in [-0.2, -0.15) is 5.10 Å². The maximum Gasteiger partial charge on any atom is 0.251 e. The van der Waals surface area contributed by atoms with Gasteiger partial charge < -0.3 is 10.4 Å². The Hall–Kier alpha value is -2.21. The van der Waals surface area contributed by atoms with Gasteiger partial charge in [0.2, 0.25) is 0 Å². The Morgan fingerprint density at radius 1 is 1.33 bits per heavy atom. The number of rotatable bonds is 7. The van der Waals surface area contributed by atoms with Crippen molar-refractivity contribution < 1.29 is 9.90 Å². The zero-order valence-electron chi connectivity index (χ0n) is 14.1. The lowest BCUT2D eigenvalue weighted by Crippen LogP contribution is -2.28. The van der Waals surface area contributed by atoms with Gasteiger partial charge in [-0.1, -0.05) is 26.0 Å². The molecule has 1 amide bonds. The molecule has 3 rings (SSSR count). The van der Waals surface area contributed by atoms with Gasteiger partial charge in [0.25, 0.3) is 5.91 Å². The van der Waals surface area contributed by atoms with Gasteiger partial charge in [0.15, 0.2) is 5.82 Å². The van der Waals surface area contributed by atoms with Crippen molar-refractivity contribution in [2.45, 2.75) is 45.1 Å². The molecule has 1 fully saturated rings. The fourth-order valence-corrected chi connectivity index (χ4v) is 2.48. The normalized spacial score (nSPS) is 15.5. The largest absolute Gasteiger partial charge is 0.393 e. The first-order valence-electron chi connectivity index (χ1n) is 8.53. The predicted molar refractivity (Wildman–Crippen MR) is 91.6 cm³/mol. The van der Waals surface area contributed by atoms with Gasteiger partial charge in [-0.3, -0.25) is 9.89 Å². The highest BCUT2D eigenvalue weighted by molar-refractivity contribution is 5.94. The van der Waals surface area contributed by atoms with E-state index in [-0.39, 0.29) is 17.9 Å². The van der Waals surface area contributed by atoms with Crippen molar-refractivity contribution >= 4 is 5.91 Å². The summed E-state index contributed by atoms with van der Waals surface area (Å²) in [5.41, 5.74) is 1.49.